The number of fused-ring (bicyclic) bond motifs is 4. The van der Waals surface area contributed by atoms with Gasteiger partial charge >= 0.3 is 0 Å². The molecule has 4 fully saturated rings. The zero-order valence-corrected chi connectivity index (χ0v) is 21.5. The maximum atomic E-state index is 11.4. The number of aromatic nitrogens is 1. The molecular formula is C29H39N5O3. The van der Waals surface area contributed by atoms with E-state index >= 15 is 0 Å². The number of nitrogens with one attached hydrogen (secondary N) is 1. The Morgan fingerprint density at radius 2 is 1.81 bits per heavy atom. The van der Waals surface area contributed by atoms with Crippen molar-refractivity contribution in [1.29, 1.82) is 0 Å². The molecule has 1 N–H and O–H groups in total. The van der Waals surface area contributed by atoms with Crippen LogP contribution in [0.5, 0.6) is 5.75 Å². The van der Waals surface area contributed by atoms with Crippen LogP contribution in [0.3, 0.4) is 0 Å². The van der Waals surface area contributed by atoms with Crippen LogP contribution in [0.1, 0.15) is 39.1 Å². The number of benzene rings is 1. The lowest BCUT2D eigenvalue weighted by atomic mass is 9.96. The van der Waals surface area contributed by atoms with Crippen molar-refractivity contribution in [2.75, 3.05) is 49.6 Å². The van der Waals surface area contributed by atoms with E-state index in [0.29, 0.717) is 12.6 Å². The molecule has 0 unspecified atom stereocenters. The van der Waals surface area contributed by atoms with Crippen molar-refractivity contribution in [3.63, 3.8) is 0 Å². The molecule has 8 nitrogen and oxygen atoms in total. The summed E-state index contributed by atoms with van der Waals surface area (Å²) in [4.78, 5) is 22.8. The first-order valence-corrected chi connectivity index (χ1v) is 13.7. The average Bonchev–Trinajstić information content (AvgIpc) is 3.08. The van der Waals surface area contributed by atoms with Crippen molar-refractivity contribution in [1.82, 2.24) is 14.8 Å². The number of carbonyl (C=O) groups excluding carboxylic acids is 1. The average molecular weight is 506 g/mol. The molecule has 0 spiro atoms. The predicted octanol–water partition coefficient (Wildman–Crippen LogP) is 4.20. The van der Waals surface area contributed by atoms with E-state index in [0.717, 1.165) is 74.3 Å². The zero-order chi connectivity index (χ0) is 25.2. The number of likely N-dealkylation sites (tertiary alicyclic amines) is 1. The number of anilines is 3. The van der Waals surface area contributed by atoms with Crippen molar-refractivity contribution in [2.24, 2.45) is 0 Å². The highest BCUT2D eigenvalue weighted by atomic mass is 16.5. The Morgan fingerprint density at radius 3 is 2.57 bits per heavy atom. The molecule has 1 aromatic carbocycles. The first-order chi connectivity index (χ1) is 18.2. The van der Waals surface area contributed by atoms with Gasteiger partial charge in [0.2, 0.25) is 5.91 Å². The number of carbonyl (C=O) groups is 1. The number of piperidine rings is 1. The molecule has 1 amide bonds. The molecule has 5 aliphatic heterocycles. The van der Waals surface area contributed by atoms with Crippen LogP contribution in [-0.2, 0) is 16.1 Å². The summed E-state index contributed by atoms with van der Waals surface area (Å²) in [6, 6.07) is 12.3. The number of ether oxygens (including phenoxy) is 2. The lowest BCUT2D eigenvalue weighted by molar-refractivity contribution is -0.134. The fraction of sp³-hybridized carbons (Fsp3) is 0.517. The van der Waals surface area contributed by atoms with Crippen LogP contribution >= 0.6 is 0 Å². The molecule has 8 heteroatoms. The smallest absolute Gasteiger partial charge is 0.246 e. The number of pyridine rings is 1. The normalized spacial score (nSPS) is 24.8. The van der Waals surface area contributed by atoms with Crippen LogP contribution < -0.4 is 15.0 Å². The minimum absolute atomic E-state index is 0. The Hall–Kier alpha value is -3.10. The number of hydrogen-bond acceptors (Lipinski definition) is 7. The number of para-hydroxylation sites is 2. The summed E-state index contributed by atoms with van der Waals surface area (Å²) in [5.74, 6) is 1.84. The molecule has 0 radical (unpaired) electrons. The van der Waals surface area contributed by atoms with E-state index in [-0.39, 0.29) is 7.33 Å². The standard InChI is InChI=1S/C16H17N3O2.C13H20N2O.H2/c1-2-4-15-13(3-1)18-16-12(11-21-15)14(5-6-17-16)19-7-9-20-10-8-19;1-2-13(16)14-8-12(9-14)15-10-4-3-5-11(15)7-6-10;/h1-6H,7-11H2,(H,17,18);2,10-12H,1,3-9H2;1H/t;10-,11+;. The van der Waals surface area contributed by atoms with E-state index in [4.69, 9.17) is 9.47 Å². The van der Waals surface area contributed by atoms with Crippen molar-refractivity contribution in [2.45, 2.75) is 56.8 Å². The second kappa shape index (κ2) is 10.7. The first-order valence-electron chi connectivity index (χ1n) is 13.7. The molecule has 0 aliphatic carbocycles. The number of hydrogen-bond donors (Lipinski definition) is 1. The lowest BCUT2D eigenvalue weighted by Gasteiger charge is -2.49. The van der Waals surface area contributed by atoms with E-state index in [2.05, 4.69) is 32.7 Å². The second-order valence-electron chi connectivity index (χ2n) is 10.5. The maximum absolute atomic E-state index is 11.4. The minimum Gasteiger partial charge on any atom is -0.487 e. The highest BCUT2D eigenvalue weighted by molar-refractivity contribution is 5.87. The Kier molecular flexibility index (Phi) is 7.02. The quantitative estimate of drug-likeness (QED) is 0.627. The molecule has 37 heavy (non-hydrogen) atoms. The van der Waals surface area contributed by atoms with Gasteiger partial charge in [-0.15, -0.1) is 0 Å². The molecule has 4 saturated heterocycles. The molecule has 198 valence electrons. The summed E-state index contributed by atoms with van der Waals surface area (Å²) in [5, 5.41) is 3.39. The van der Waals surface area contributed by atoms with Gasteiger partial charge in [-0.2, -0.15) is 0 Å². The summed E-state index contributed by atoms with van der Waals surface area (Å²) < 4.78 is 11.4. The van der Waals surface area contributed by atoms with Gasteiger partial charge in [0, 0.05) is 57.6 Å². The third-order valence-corrected chi connectivity index (χ3v) is 8.42. The summed E-state index contributed by atoms with van der Waals surface area (Å²) in [6.45, 7) is 9.27. The van der Waals surface area contributed by atoms with Crippen LogP contribution in [-0.4, -0.2) is 78.2 Å². The van der Waals surface area contributed by atoms with Crippen LogP contribution in [0.25, 0.3) is 0 Å². The minimum atomic E-state index is 0. The number of nitrogens with zero attached hydrogens (tertiary/aromatic N) is 4. The van der Waals surface area contributed by atoms with Gasteiger partial charge in [0.15, 0.2) is 0 Å². The van der Waals surface area contributed by atoms with Crippen molar-refractivity contribution in [3.8, 4) is 5.75 Å². The summed E-state index contributed by atoms with van der Waals surface area (Å²) in [7, 11) is 0. The van der Waals surface area contributed by atoms with Crippen LogP contribution in [0.2, 0.25) is 0 Å². The monoisotopic (exact) mass is 505 g/mol. The van der Waals surface area contributed by atoms with Gasteiger partial charge in [-0.3, -0.25) is 9.69 Å². The summed E-state index contributed by atoms with van der Waals surface area (Å²) >= 11 is 0. The van der Waals surface area contributed by atoms with Gasteiger partial charge in [-0.05, 0) is 50.0 Å². The van der Waals surface area contributed by atoms with Gasteiger partial charge in [0.1, 0.15) is 18.2 Å². The van der Waals surface area contributed by atoms with Gasteiger partial charge in [-0.25, -0.2) is 4.98 Å². The van der Waals surface area contributed by atoms with Crippen LogP contribution in [0.15, 0.2) is 49.2 Å². The number of morpholine rings is 1. The van der Waals surface area contributed by atoms with Crippen molar-refractivity contribution < 1.29 is 15.7 Å². The third kappa shape index (κ3) is 4.92. The molecule has 2 bridgehead atoms. The molecule has 7 rings (SSSR count). The predicted molar refractivity (Wildman–Crippen MR) is 147 cm³/mol. The molecule has 2 atom stereocenters. The molecule has 5 aliphatic rings. The SMILES string of the molecule is C=CC(=O)N1CC(N2[C@@H]3CCC[C@H]2CC3)C1.[HH].c1ccc2c(c1)Nc1nccc(N3CCOCC3)c1CO2. The van der Waals surface area contributed by atoms with E-state index < -0.39 is 0 Å². The fourth-order valence-corrected chi connectivity index (χ4v) is 6.51. The second-order valence-corrected chi connectivity index (χ2v) is 10.5. The van der Waals surface area contributed by atoms with Gasteiger partial charge in [0.05, 0.1) is 24.5 Å². The maximum Gasteiger partial charge on any atom is 0.246 e. The molecule has 1 aromatic heterocycles. The number of amides is 1. The van der Waals surface area contributed by atoms with Crippen molar-refractivity contribution >= 4 is 23.1 Å². The van der Waals surface area contributed by atoms with Crippen molar-refractivity contribution in [3.05, 3.63) is 54.7 Å². The third-order valence-electron chi connectivity index (χ3n) is 8.42. The van der Waals surface area contributed by atoms with Gasteiger partial charge in [-0.1, -0.05) is 25.1 Å². The topological polar surface area (TPSA) is 70.2 Å². The molecule has 0 saturated carbocycles. The fourth-order valence-electron chi connectivity index (χ4n) is 6.51. The van der Waals surface area contributed by atoms with E-state index in [1.807, 2.05) is 35.4 Å². The zero-order valence-electron chi connectivity index (χ0n) is 21.5. The Morgan fingerprint density at radius 1 is 1.05 bits per heavy atom. The highest BCUT2D eigenvalue weighted by Crippen LogP contribution is 2.39. The van der Waals surface area contributed by atoms with Gasteiger partial charge in [0.25, 0.3) is 0 Å². The van der Waals surface area contributed by atoms with E-state index in [9.17, 15) is 4.79 Å². The van der Waals surface area contributed by atoms with E-state index in [1.165, 1.54) is 43.9 Å². The largest absolute Gasteiger partial charge is 0.487 e. The summed E-state index contributed by atoms with van der Waals surface area (Å²) in [5.41, 5.74) is 3.25. The first kappa shape index (κ1) is 24.2. The molecular weight excluding hydrogens is 466 g/mol. The Bertz CT molecular complexity index is 1120. The van der Waals surface area contributed by atoms with Gasteiger partial charge < -0.3 is 24.6 Å². The van der Waals surface area contributed by atoms with E-state index in [1.54, 1.807) is 0 Å². The highest BCUT2D eigenvalue weighted by Gasteiger charge is 2.45. The van der Waals surface area contributed by atoms with Crippen LogP contribution in [0.4, 0.5) is 17.2 Å². The number of rotatable bonds is 3. The Labute approximate surface area is 220 Å². The Balaban J connectivity index is 0.000000156. The van der Waals surface area contributed by atoms with Crippen LogP contribution in [0, 0.1) is 0 Å². The molecule has 2 aromatic rings. The summed E-state index contributed by atoms with van der Waals surface area (Å²) in [6.07, 6.45) is 10.2. The lowest BCUT2D eigenvalue weighted by Crippen LogP contribution is -2.64. The molecule has 6 heterocycles.